The minimum absolute atomic E-state index is 0.513. The Morgan fingerprint density at radius 2 is 2.03 bits per heavy atom. The number of aromatic nitrogens is 1. The molecule has 0 spiro atoms. The summed E-state index contributed by atoms with van der Waals surface area (Å²) < 4.78 is 11.5. The van der Waals surface area contributed by atoms with Crippen molar-refractivity contribution in [3.05, 3.63) is 47.5 Å². The van der Waals surface area contributed by atoms with E-state index in [0.717, 1.165) is 49.1 Å². The van der Waals surface area contributed by atoms with Gasteiger partial charge in [0.05, 0.1) is 26.0 Å². The fourth-order valence-electron chi connectivity index (χ4n) is 3.72. The summed E-state index contributed by atoms with van der Waals surface area (Å²) in [5.41, 5.74) is 6.33. The molecule has 1 aromatic heterocycles. The molecule has 0 unspecified atom stereocenters. The average molecular weight is 455 g/mol. The van der Waals surface area contributed by atoms with Crippen LogP contribution in [0.4, 0.5) is 11.5 Å². The molecule has 0 amide bonds. The van der Waals surface area contributed by atoms with Gasteiger partial charge in [0.25, 0.3) is 0 Å². The maximum atomic E-state index is 6.02. The monoisotopic (exact) mass is 454 g/mol. The lowest BCUT2D eigenvalue weighted by Gasteiger charge is -2.29. The molecule has 0 atom stereocenters. The van der Waals surface area contributed by atoms with Gasteiger partial charge < -0.3 is 24.2 Å². The third-order valence-corrected chi connectivity index (χ3v) is 6.08. The van der Waals surface area contributed by atoms with Gasteiger partial charge in [-0.3, -0.25) is 5.43 Å². The molecule has 2 aliphatic heterocycles. The highest BCUT2D eigenvalue weighted by Gasteiger charge is 2.21. The fraction of sp³-hybridized carbons (Fsp3) is 0.435. The van der Waals surface area contributed by atoms with E-state index < -0.39 is 0 Å². The van der Waals surface area contributed by atoms with Crippen molar-refractivity contribution in [3.8, 4) is 5.88 Å². The number of benzene rings is 1. The number of hydrogen-bond donors (Lipinski definition) is 1. The number of anilines is 2. The maximum absolute atomic E-state index is 6.02. The number of nitrogens with one attached hydrogen (secondary N) is 1. The number of hydrazone groups is 1. The van der Waals surface area contributed by atoms with Crippen LogP contribution in [0.5, 0.6) is 5.88 Å². The summed E-state index contributed by atoms with van der Waals surface area (Å²) >= 11 is 5.45. The Bertz CT molecular complexity index is 963. The molecular weight excluding hydrogens is 424 g/mol. The number of hydrogen-bond acceptors (Lipinski definition) is 7. The molecule has 32 heavy (non-hydrogen) atoms. The van der Waals surface area contributed by atoms with Gasteiger partial charge >= 0.3 is 0 Å². The van der Waals surface area contributed by atoms with E-state index in [-0.39, 0.29) is 0 Å². The average Bonchev–Trinajstić information content (AvgIpc) is 3.12. The van der Waals surface area contributed by atoms with E-state index in [9.17, 15) is 0 Å². The molecular formula is C23H30N6O2S. The highest BCUT2D eigenvalue weighted by Crippen LogP contribution is 2.25. The minimum Gasteiger partial charge on any atom is -0.476 e. The van der Waals surface area contributed by atoms with E-state index in [0.29, 0.717) is 31.5 Å². The Labute approximate surface area is 194 Å². The number of ether oxygens (including phenoxy) is 2. The second-order valence-electron chi connectivity index (χ2n) is 7.97. The Morgan fingerprint density at radius 3 is 2.78 bits per heavy atom. The first kappa shape index (κ1) is 22.3. The third kappa shape index (κ3) is 5.86. The van der Waals surface area contributed by atoms with Gasteiger partial charge in [0.1, 0.15) is 6.61 Å². The van der Waals surface area contributed by atoms with Crippen LogP contribution in [-0.4, -0.2) is 85.7 Å². The highest BCUT2D eigenvalue weighted by atomic mass is 32.1. The minimum atomic E-state index is 0.513. The molecule has 0 aliphatic carbocycles. The van der Waals surface area contributed by atoms with E-state index in [1.54, 1.807) is 6.21 Å². The van der Waals surface area contributed by atoms with Gasteiger partial charge in [-0.15, -0.1) is 0 Å². The summed E-state index contributed by atoms with van der Waals surface area (Å²) in [4.78, 5) is 11.1. The van der Waals surface area contributed by atoms with Crippen molar-refractivity contribution in [2.45, 2.75) is 6.92 Å². The third-order valence-electron chi connectivity index (χ3n) is 5.51. The molecule has 3 heterocycles. The number of likely N-dealkylation sites (N-methyl/N-ethyl adjacent to an activating group) is 1. The second-order valence-corrected chi connectivity index (χ2v) is 8.34. The number of rotatable bonds is 8. The molecule has 1 aromatic carbocycles. The molecule has 0 bridgehead atoms. The van der Waals surface area contributed by atoms with Crippen molar-refractivity contribution < 1.29 is 9.47 Å². The molecule has 9 heteroatoms. The largest absolute Gasteiger partial charge is 0.476 e. The summed E-state index contributed by atoms with van der Waals surface area (Å²) in [7, 11) is 2.02. The van der Waals surface area contributed by atoms with Crippen LogP contribution in [0.15, 0.2) is 41.5 Å². The standard InChI is InChI=1S/C23H30N6O2S/c1-18-4-3-5-19(14-18)17-24-26-21-15-20(28-8-11-30-12-9-28)16-22(25-21)31-13-10-29-7-6-27(2)23(29)32/h3-5,14-17H,6-13H2,1-2H3,(H,25,26)/b24-17+. The number of nitrogens with zero attached hydrogens (tertiary/aromatic N) is 5. The number of aryl methyl sites for hydroxylation is 1. The maximum Gasteiger partial charge on any atom is 0.217 e. The van der Waals surface area contributed by atoms with Crippen LogP contribution in [0.3, 0.4) is 0 Å². The first-order chi connectivity index (χ1) is 15.6. The van der Waals surface area contributed by atoms with E-state index in [1.165, 1.54) is 5.56 Å². The second kappa shape index (κ2) is 10.6. The molecule has 2 aliphatic rings. The summed E-state index contributed by atoms with van der Waals surface area (Å²) in [6, 6.07) is 12.2. The SMILES string of the molecule is Cc1cccc(/C=N/Nc2cc(N3CCOCC3)cc(OCCN3CCN(C)C3=S)n2)c1. The van der Waals surface area contributed by atoms with Crippen molar-refractivity contribution in [3.63, 3.8) is 0 Å². The van der Waals surface area contributed by atoms with Crippen molar-refractivity contribution in [1.82, 2.24) is 14.8 Å². The molecule has 4 rings (SSSR count). The van der Waals surface area contributed by atoms with Gasteiger partial charge in [-0.05, 0) is 24.7 Å². The van der Waals surface area contributed by atoms with Crippen LogP contribution in [0.2, 0.25) is 0 Å². The molecule has 0 saturated carbocycles. The zero-order valence-corrected chi connectivity index (χ0v) is 19.5. The lowest BCUT2D eigenvalue weighted by Crippen LogP contribution is -2.36. The topological polar surface area (TPSA) is 65.5 Å². The Morgan fingerprint density at radius 1 is 1.19 bits per heavy atom. The van der Waals surface area contributed by atoms with Crippen LogP contribution in [0.1, 0.15) is 11.1 Å². The number of pyridine rings is 1. The lowest BCUT2D eigenvalue weighted by molar-refractivity contribution is 0.122. The van der Waals surface area contributed by atoms with Crippen LogP contribution in [0, 0.1) is 6.92 Å². The van der Waals surface area contributed by atoms with E-state index >= 15 is 0 Å². The van der Waals surface area contributed by atoms with Gasteiger partial charge in [-0.1, -0.05) is 29.8 Å². The summed E-state index contributed by atoms with van der Waals surface area (Å²) in [5.74, 6) is 1.21. The van der Waals surface area contributed by atoms with Gasteiger partial charge in [0.2, 0.25) is 5.88 Å². The van der Waals surface area contributed by atoms with E-state index in [1.807, 2.05) is 31.3 Å². The summed E-state index contributed by atoms with van der Waals surface area (Å²) in [6.07, 6.45) is 1.79. The Hall–Kier alpha value is -2.91. The predicted molar refractivity (Wildman–Crippen MR) is 132 cm³/mol. The van der Waals surface area contributed by atoms with Crippen molar-refractivity contribution >= 4 is 35.1 Å². The summed E-state index contributed by atoms with van der Waals surface area (Å²) in [6.45, 7) is 8.30. The first-order valence-electron chi connectivity index (χ1n) is 10.9. The molecule has 2 fully saturated rings. The van der Waals surface area contributed by atoms with Gasteiger partial charge in [-0.2, -0.15) is 10.1 Å². The van der Waals surface area contributed by atoms with Crippen LogP contribution in [0.25, 0.3) is 0 Å². The smallest absolute Gasteiger partial charge is 0.217 e. The van der Waals surface area contributed by atoms with E-state index in [4.69, 9.17) is 21.7 Å². The molecule has 0 radical (unpaired) electrons. The van der Waals surface area contributed by atoms with Crippen LogP contribution in [-0.2, 0) is 4.74 Å². The van der Waals surface area contributed by atoms with Gasteiger partial charge in [0.15, 0.2) is 10.9 Å². The molecule has 2 aromatic rings. The quantitative estimate of drug-likeness (QED) is 0.371. The Kier molecular flexibility index (Phi) is 7.39. The van der Waals surface area contributed by atoms with Crippen LogP contribution >= 0.6 is 12.2 Å². The van der Waals surface area contributed by atoms with Crippen molar-refractivity contribution in [2.75, 3.05) is 69.9 Å². The fourth-order valence-corrected chi connectivity index (χ4v) is 4.00. The number of morpholine rings is 1. The Balaban J connectivity index is 1.44. The molecule has 2 saturated heterocycles. The highest BCUT2D eigenvalue weighted by molar-refractivity contribution is 7.80. The zero-order chi connectivity index (χ0) is 22.3. The molecule has 170 valence electrons. The molecule has 8 nitrogen and oxygen atoms in total. The molecule has 1 N–H and O–H groups in total. The van der Waals surface area contributed by atoms with Crippen LogP contribution < -0.4 is 15.1 Å². The predicted octanol–water partition coefficient (Wildman–Crippen LogP) is 2.58. The number of thiocarbonyl (C=S) groups is 1. The first-order valence-corrected chi connectivity index (χ1v) is 11.3. The van der Waals surface area contributed by atoms with Gasteiger partial charge in [0, 0.05) is 51.0 Å². The zero-order valence-electron chi connectivity index (χ0n) is 18.7. The van der Waals surface area contributed by atoms with Gasteiger partial charge in [-0.25, -0.2) is 0 Å². The van der Waals surface area contributed by atoms with E-state index in [2.05, 4.69) is 49.3 Å². The van der Waals surface area contributed by atoms with Crippen molar-refractivity contribution in [2.24, 2.45) is 5.10 Å². The lowest BCUT2D eigenvalue weighted by atomic mass is 10.2. The van der Waals surface area contributed by atoms with Crippen molar-refractivity contribution in [1.29, 1.82) is 0 Å². The normalized spacial score (nSPS) is 16.8. The summed E-state index contributed by atoms with van der Waals surface area (Å²) in [5, 5.41) is 5.25.